The van der Waals surface area contributed by atoms with Crippen molar-refractivity contribution in [2.45, 2.75) is 31.7 Å². The summed E-state index contributed by atoms with van der Waals surface area (Å²) in [5.74, 6) is 0.0857. The number of nitrogens with zero attached hydrogens (tertiary/aromatic N) is 2. The molecular weight excluding hydrogens is 298 g/mol. The van der Waals surface area contributed by atoms with E-state index in [1.807, 2.05) is 30.3 Å². The second-order valence-electron chi connectivity index (χ2n) is 6.38. The van der Waals surface area contributed by atoms with Crippen LogP contribution in [0.3, 0.4) is 0 Å². The Hall–Kier alpha value is -2.20. The van der Waals surface area contributed by atoms with Gasteiger partial charge in [-0.1, -0.05) is 43.2 Å². The fraction of sp³-hybridized carbons (Fsp3) is 0.400. The Morgan fingerprint density at radius 1 is 0.958 bits per heavy atom. The van der Waals surface area contributed by atoms with Crippen LogP contribution in [0.15, 0.2) is 54.9 Å². The van der Waals surface area contributed by atoms with E-state index in [2.05, 4.69) is 27.3 Å². The summed E-state index contributed by atoms with van der Waals surface area (Å²) < 4.78 is 0. The van der Waals surface area contributed by atoms with Gasteiger partial charge in [0.2, 0.25) is 5.91 Å². The molecule has 0 bridgehead atoms. The lowest BCUT2D eigenvalue weighted by Crippen LogP contribution is -2.39. The van der Waals surface area contributed by atoms with Crippen molar-refractivity contribution in [2.24, 2.45) is 0 Å². The molecule has 2 heterocycles. The normalized spacial score (nSPS) is 17.0. The van der Waals surface area contributed by atoms with Crippen molar-refractivity contribution in [3.8, 4) is 0 Å². The first-order chi connectivity index (χ1) is 11.8. The number of carbonyl (C=O) groups excluding carboxylic acids is 1. The maximum atomic E-state index is 12.6. The Kier molecular flexibility index (Phi) is 5.96. The molecule has 1 N–H and O–H groups in total. The van der Waals surface area contributed by atoms with Gasteiger partial charge in [0.25, 0.3) is 0 Å². The standard InChI is InChI=1S/C20H25N3O/c24-19(16-23-14-6-1-2-7-15-23)22-20(17-8-4-3-5-9-17)18-10-12-21-13-11-18/h3-5,8-13,20H,1-2,6-7,14-16H2,(H,22,24)/t20-/m1/s1. The second kappa shape index (κ2) is 8.60. The van der Waals surface area contributed by atoms with Crippen LogP contribution in [0.1, 0.15) is 42.9 Å². The number of hydrogen-bond donors (Lipinski definition) is 1. The van der Waals surface area contributed by atoms with Gasteiger partial charge < -0.3 is 5.32 Å². The van der Waals surface area contributed by atoms with E-state index in [-0.39, 0.29) is 11.9 Å². The van der Waals surface area contributed by atoms with Gasteiger partial charge in [-0.3, -0.25) is 14.7 Å². The molecule has 3 rings (SSSR count). The zero-order chi connectivity index (χ0) is 16.6. The minimum atomic E-state index is -0.131. The van der Waals surface area contributed by atoms with Gasteiger partial charge in [0.1, 0.15) is 0 Å². The number of rotatable bonds is 5. The summed E-state index contributed by atoms with van der Waals surface area (Å²) in [6.07, 6.45) is 8.49. The smallest absolute Gasteiger partial charge is 0.234 e. The first-order valence-electron chi connectivity index (χ1n) is 8.79. The molecular formula is C20H25N3O. The maximum Gasteiger partial charge on any atom is 0.234 e. The SMILES string of the molecule is O=C(CN1CCCCCC1)N[C@H](c1ccccc1)c1ccncc1. The van der Waals surface area contributed by atoms with Crippen LogP contribution in [-0.2, 0) is 4.79 Å². The molecule has 24 heavy (non-hydrogen) atoms. The van der Waals surface area contributed by atoms with E-state index < -0.39 is 0 Å². The summed E-state index contributed by atoms with van der Waals surface area (Å²) >= 11 is 0. The molecule has 1 aliphatic heterocycles. The van der Waals surface area contributed by atoms with Crippen molar-refractivity contribution in [3.05, 3.63) is 66.0 Å². The van der Waals surface area contributed by atoms with Crippen LogP contribution in [0.4, 0.5) is 0 Å². The number of carbonyl (C=O) groups is 1. The molecule has 1 saturated heterocycles. The van der Waals surface area contributed by atoms with E-state index in [4.69, 9.17) is 0 Å². The van der Waals surface area contributed by atoms with Crippen LogP contribution in [0, 0.1) is 0 Å². The van der Waals surface area contributed by atoms with E-state index >= 15 is 0 Å². The Morgan fingerprint density at radius 2 is 1.58 bits per heavy atom. The van der Waals surface area contributed by atoms with E-state index in [0.29, 0.717) is 6.54 Å². The second-order valence-corrected chi connectivity index (χ2v) is 6.38. The van der Waals surface area contributed by atoms with Gasteiger partial charge in [0.05, 0.1) is 12.6 Å². The van der Waals surface area contributed by atoms with Crippen LogP contribution < -0.4 is 5.32 Å². The summed E-state index contributed by atoms with van der Waals surface area (Å²) in [6, 6.07) is 13.9. The van der Waals surface area contributed by atoms with Crippen LogP contribution in [0.2, 0.25) is 0 Å². The minimum absolute atomic E-state index is 0.0857. The average molecular weight is 323 g/mol. The first kappa shape index (κ1) is 16.7. The molecule has 1 atom stereocenters. The predicted octanol–water partition coefficient (Wildman–Crippen LogP) is 3.16. The van der Waals surface area contributed by atoms with Crippen LogP contribution in [-0.4, -0.2) is 35.4 Å². The molecule has 0 unspecified atom stereocenters. The average Bonchev–Trinajstić information content (AvgIpc) is 2.90. The van der Waals surface area contributed by atoms with Gasteiger partial charge in [0, 0.05) is 12.4 Å². The van der Waals surface area contributed by atoms with Crippen molar-refractivity contribution in [1.29, 1.82) is 0 Å². The molecule has 1 fully saturated rings. The lowest BCUT2D eigenvalue weighted by Gasteiger charge is -2.23. The molecule has 0 radical (unpaired) electrons. The Morgan fingerprint density at radius 3 is 2.25 bits per heavy atom. The summed E-state index contributed by atoms with van der Waals surface area (Å²) in [5.41, 5.74) is 2.15. The largest absolute Gasteiger partial charge is 0.344 e. The molecule has 1 aliphatic rings. The number of pyridine rings is 1. The summed E-state index contributed by atoms with van der Waals surface area (Å²) in [7, 11) is 0. The lowest BCUT2D eigenvalue weighted by molar-refractivity contribution is -0.122. The fourth-order valence-electron chi connectivity index (χ4n) is 3.26. The maximum absolute atomic E-state index is 12.6. The van der Waals surface area contributed by atoms with Crippen LogP contribution in [0.25, 0.3) is 0 Å². The number of amides is 1. The molecule has 4 nitrogen and oxygen atoms in total. The molecule has 0 aliphatic carbocycles. The van der Waals surface area contributed by atoms with E-state index in [9.17, 15) is 4.79 Å². The highest BCUT2D eigenvalue weighted by molar-refractivity contribution is 5.79. The van der Waals surface area contributed by atoms with E-state index in [1.165, 1.54) is 25.7 Å². The molecule has 0 saturated carbocycles. The quantitative estimate of drug-likeness (QED) is 0.919. The highest BCUT2D eigenvalue weighted by Gasteiger charge is 2.19. The molecule has 1 amide bonds. The number of hydrogen-bond acceptors (Lipinski definition) is 3. The topological polar surface area (TPSA) is 45.2 Å². The summed E-state index contributed by atoms with van der Waals surface area (Å²) in [6.45, 7) is 2.53. The fourth-order valence-corrected chi connectivity index (χ4v) is 3.26. The highest BCUT2D eigenvalue weighted by Crippen LogP contribution is 2.21. The monoisotopic (exact) mass is 323 g/mol. The van der Waals surface area contributed by atoms with Crippen LogP contribution >= 0.6 is 0 Å². The van der Waals surface area contributed by atoms with Crippen molar-refractivity contribution >= 4 is 5.91 Å². The molecule has 0 spiro atoms. The molecule has 1 aromatic heterocycles. The predicted molar refractivity (Wildman–Crippen MR) is 95.6 cm³/mol. The van der Waals surface area contributed by atoms with Gasteiger partial charge in [-0.25, -0.2) is 0 Å². The van der Waals surface area contributed by atoms with Crippen LogP contribution in [0.5, 0.6) is 0 Å². The highest BCUT2D eigenvalue weighted by atomic mass is 16.2. The third-order valence-corrected chi connectivity index (χ3v) is 4.54. The number of benzene rings is 1. The molecule has 1 aromatic carbocycles. The molecule has 4 heteroatoms. The Bertz CT molecular complexity index is 582. The van der Waals surface area contributed by atoms with Gasteiger partial charge in [-0.05, 0) is 49.2 Å². The van der Waals surface area contributed by atoms with Gasteiger partial charge in [-0.2, -0.15) is 0 Å². The lowest BCUT2D eigenvalue weighted by atomic mass is 9.99. The Balaban J connectivity index is 1.71. The molecule has 2 aromatic rings. The number of nitrogens with one attached hydrogen (secondary N) is 1. The minimum Gasteiger partial charge on any atom is -0.344 e. The van der Waals surface area contributed by atoms with E-state index in [0.717, 1.165) is 24.2 Å². The number of likely N-dealkylation sites (tertiary alicyclic amines) is 1. The van der Waals surface area contributed by atoms with Crippen molar-refractivity contribution in [2.75, 3.05) is 19.6 Å². The van der Waals surface area contributed by atoms with Gasteiger partial charge in [0.15, 0.2) is 0 Å². The van der Waals surface area contributed by atoms with Crippen molar-refractivity contribution in [1.82, 2.24) is 15.2 Å². The van der Waals surface area contributed by atoms with Crippen molar-refractivity contribution < 1.29 is 4.79 Å². The third kappa shape index (κ3) is 4.65. The number of aromatic nitrogens is 1. The summed E-state index contributed by atoms with van der Waals surface area (Å²) in [4.78, 5) is 19.0. The molecule has 126 valence electrons. The zero-order valence-electron chi connectivity index (χ0n) is 14.0. The van der Waals surface area contributed by atoms with E-state index in [1.54, 1.807) is 12.4 Å². The van der Waals surface area contributed by atoms with Crippen molar-refractivity contribution in [3.63, 3.8) is 0 Å². The Labute approximate surface area is 143 Å². The summed E-state index contributed by atoms with van der Waals surface area (Å²) in [5, 5.41) is 3.21. The third-order valence-electron chi connectivity index (χ3n) is 4.54. The zero-order valence-corrected chi connectivity index (χ0v) is 14.0. The van der Waals surface area contributed by atoms with Gasteiger partial charge >= 0.3 is 0 Å². The first-order valence-corrected chi connectivity index (χ1v) is 8.79. The van der Waals surface area contributed by atoms with Gasteiger partial charge in [-0.15, -0.1) is 0 Å².